The van der Waals surface area contributed by atoms with Crippen LogP contribution >= 0.6 is 22.9 Å². The van der Waals surface area contributed by atoms with Gasteiger partial charge in [0.15, 0.2) is 0 Å². The van der Waals surface area contributed by atoms with E-state index in [4.69, 9.17) is 4.74 Å². The van der Waals surface area contributed by atoms with Crippen molar-refractivity contribution in [2.45, 2.75) is 25.5 Å². The molecule has 13 heavy (non-hydrogen) atoms. The largest absolute Gasteiger partial charge is 0.375 e. The van der Waals surface area contributed by atoms with Gasteiger partial charge in [-0.2, -0.15) is 0 Å². The molecule has 0 unspecified atom stereocenters. The third-order valence-corrected chi connectivity index (χ3v) is 3.84. The average molecular weight is 298 g/mol. The highest BCUT2D eigenvalue weighted by Crippen LogP contribution is 2.23. The van der Waals surface area contributed by atoms with Crippen LogP contribution in [0.2, 0.25) is 0 Å². The van der Waals surface area contributed by atoms with Crippen LogP contribution in [0.1, 0.15) is 13.3 Å². The lowest BCUT2D eigenvalue weighted by atomic mass is 10.2. The summed E-state index contributed by atoms with van der Waals surface area (Å²) in [6.45, 7) is 5.27. The van der Waals surface area contributed by atoms with E-state index in [1.54, 1.807) is 0 Å². The van der Waals surface area contributed by atoms with Crippen LogP contribution in [0.4, 0.5) is 0 Å². The summed E-state index contributed by atoms with van der Waals surface area (Å²) in [5.41, 5.74) is 0. The average Bonchev–Trinajstić information content (AvgIpc) is 2.35. The SMILES string of the molecule is C[C@H]1[C@@H](OCCN(C)C)CCN1I. The number of nitrogens with zero attached hydrogens (tertiary/aromatic N) is 2. The molecule has 0 N–H and O–H groups in total. The van der Waals surface area contributed by atoms with Gasteiger partial charge in [-0.3, -0.25) is 0 Å². The van der Waals surface area contributed by atoms with E-state index < -0.39 is 0 Å². The van der Waals surface area contributed by atoms with Crippen molar-refractivity contribution in [3.8, 4) is 0 Å². The Morgan fingerprint density at radius 3 is 2.69 bits per heavy atom. The summed E-state index contributed by atoms with van der Waals surface area (Å²) in [7, 11) is 4.15. The summed E-state index contributed by atoms with van der Waals surface area (Å²) in [4.78, 5) is 2.15. The quantitative estimate of drug-likeness (QED) is 0.576. The van der Waals surface area contributed by atoms with E-state index in [1.165, 1.54) is 6.42 Å². The smallest absolute Gasteiger partial charge is 0.0748 e. The Morgan fingerprint density at radius 2 is 2.23 bits per heavy atom. The number of likely N-dealkylation sites (N-methyl/N-ethyl adjacent to an activating group) is 1. The molecule has 1 saturated heterocycles. The van der Waals surface area contributed by atoms with Crippen molar-refractivity contribution in [3.05, 3.63) is 0 Å². The lowest BCUT2D eigenvalue weighted by Gasteiger charge is -2.20. The van der Waals surface area contributed by atoms with Crippen LogP contribution in [-0.2, 0) is 4.74 Å². The number of halogens is 1. The normalized spacial score (nSPS) is 30.2. The van der Waals surface area contributed by atoms with Crippen LogP contribution in [0.25, 0.3) is 0 Å². The molecule has 0 bridgehead atoms. The molecule has 0 aromatic rings. The number of rotatable bonds is 4. The maximum Gasteiger partial charge on any atom is 0.0748 e. The molecule has 1 aliphatic heterocycles. The zero-order valence-electron chi connectivity index (χ0n) is 8.66. The predicted molar refractivity (Wildman–Crippen MR) is 63.1 cm³/mol. The van der Waals surface area contributed by atoms with Gasteiger partial charge in [0, 0.05) is 42.0 Å². The predicted octanol–water partition coefficient (Wildman–Crippen LogP) is 1.38. The molecule has 4 heteroatoms. The van der Waals surface area contributed by atoms with E-state index >= 15 is 0 Å². The Labute approximate surface area is 94.9 Å². The molecule has 1 aliphatic rings. The molecule has 0 spiro atoms. The van der Waals surface area contributed by atoms with Crippen molar-refractivity contribution in [2.24, 2.45) is 0 Å². The van der Waals surface area contributed by atoms with Gasteiger partial charge >= 0.3 is 0 Å². The molecule has 0 aliphatic carbocycles. The molecule has 78 valence electrons. The third-order valence-electron chi connectivity index (χ3n) is 2.48. The van der Waals surface area contributed by atoms with E-state index in [9.17, 15) is 0 Å². The van der Waals surface area contributed by atoms with E-state index in [1.807, 2.05) is 0 Å². The lowest BCUT2D eigenvalue weighted by Crippen LogP contribution is -2.29. The van der Waals surface area contributed by atoms with E-state index in [0.717, 1.165) is 19.7 Å². The maximum atomic E-state index is 5.81. The van der Waals surface area contributed by atoms with Crippen LogP contribution in [-0.4, -0.2) is 54.0 Å². The second-order valence-corrected chi connectivity index (χ2v) is 5.10. The Morgan fingerprint density at radius 1 is 1.54 bits per heavy atom. The number of hydrogen-bond donors (Lipinski definition) is 0. The fourth-order valence-electron chi connectivity index (χ4n) is 1.49. The highest BCUT2D eigenvalue weighted by atomic mass is 127. The first-order valence-corrected chi connectivity index (χ1v) is 5.76. The summed E-state index contributed by atoms with van der Waals surface area (Å²) in [6, 6.07) is 0.572. The van der Waals surface area contributed by atoms with Gasteiger partial charge in [0.25, 0.3) is 0 Å². The van der Waals surface area contributed by atoms with Crippen LogP contribution < -0.4 is 0 Å². The van der Waals surface area contributed by atoms with Crippen molar-refractivity contribution in [1.29, 1.82) is 0 Å². The molecule has 0 radical (unpaired) electrons. The molecule has 0 aromatic heterocycles. The van der Waals surface area contributed by atoms with Crippen LogP contribution in [0.15, 0.2) is 0 Å². The minimum Gasteiger partial charge on any atom is -0.375 e. The Balaban J connectivity index is 2.15. The fraction of sp³-hybridized carbons (Fsp3) is 1.00. The number of hydrogen-bond acceptors (Lipinski definition) is 3. The second kappa shape index (κ2) is 5.48. The first kappa shape index (κ1) is 11.7. The fourth-order valence-corrected chi connectivity index (χ4v) is 2.12. The molecule has 0 saturated carbocycles. The summed E-state index contributed by atoms with van der Waals surface area (Å²) < 4.78 is 8.14. The molecule has 1 fully saturated rings. The van der Waals surface area contributed by atoms with Gasteiger partial charge < -0.3 is 9.64 Å². The van der Waals surface area contributed by atoms with Crippen molar-refractivity contribution in [2.75, 3.05) is 33.8 Å². The Kier molecular flexibility index (Phi) is 4.93. The topological polar surface area (TPSA) is 15.7 Å². The summed E-state index contributed by atoms with van der Waals surface area (Å²) >= 11 is 2.38. The first-order chi connectivity index (χ1) is 6.11. The molecule has 0 amide bonds. The monoisotopic (exact) mass is 298 g/mol. The van der Waals surface area contributed by atoms with E-state index in [2.05, 4.69) is 51.9 Å². The standard InChI is InChI=1S/C9H19IN2O/c1-8-9(4-5-12(8)10)13-7-6-11(2)3/h8-9H,4-7H2,1-3H3/t8-,9-/m0/s1. The first-order valence-electron chi connectivity index (χ1n) is 4.80. The Hall–Kier alpha value is 0.610. The van der Waals surface area contributed by atoms with E-state index in [0.29, 0.717) is 12.1 Å². The third kappa shape index (κ3) is 3.69. The van der Waals surface area contributed by atoms with Gasteiger partial charge in [-0.15, -0.1) is 0 Å². The van der Waals surface area contributed by atoms with Crippen molar-refractivity contribution in [1.82, 2.24) is 8.01 Å². The zero-order valence-corrected chi connectivity index (χ0v) is 10.8. The van der Waals surface area contributed by atoms with Gasteiger partial charge in [-0.25, -0.2) is 3.11 Å². The minimum absolute atomic E-state index is 0.442. The Bertz CT molecular complexity index is 155. The van der Waals surface area contributed by atoms with Crippen molar-refractivity contribution >= 4 is 22.9 Å². The molecule has 3 nitrogen and oxygen atoms in total. The second-order valence-electron chi connectivity index (χ2n) is 3.87. The molecule has 1 rings (SSSR count). The molecular weight excluding hydrogens is 279 g/mol. The van der Waals surface area contributed by atoms with Crippen LogP contribution in [0, 0.1) is 0 Å². The summed E-state index contributed by atoms with van der Waals surface area (Å²) in [5.74, 6) is 0. The highest BCUT2D eigenvalue weighted by molar-refractivity contribution is 14.1. The molecule has 2 atom stereocenters. The number of ether oxygens (including phenoxy) is 1. The van der Waals surface area contributed by atoms with Gasteiger partial charge in [-0.1, -0.05) is 0 Å². The van der Waals surface area contributed by atoms with Crippen LogP contribution in [0.3, 0.4) is 0 Å². The summed E-state index contributed by atoms with van der Waals surface area (Å²) in [6.07, 6.45) is 1.62. The van der Waals surface area contributed by atoms with Gasteiger partial charge in [0.05, 0.1) is 12.7 Å². The molecule has 0 aromatic carbocycles. The maximum absolute atomic E-state index is 5.81. The molecular formula is C9H19IN2O. The van der Waals surface area contributed by atoms with Gasteiger partial charge in [0.1, 0.15) is 0 Å². The van der Waals surface area contributed by atoms with Crippen LogP contribution in [0.5, 0.6) is 0 Å². The van der Waals surface area contributed by atoms with Crippen molar-refractivity contribution < 1.29 is 4.74 Å². The van der Waals surface area contributed by atoms with E-state index in [-0.39, 0.29) is 0 Å². The summed E-state index contributed by atoms with van der Waals surface area (Å²) in [5, 5.41) is 0. The zero-order chi connectivity index (χ0) is 9.84. The lowest BCUT2D eigenvalue weighted by molar-refractivity contribution is 0.0357. The molecule has 1 heterocycles. The minimum atomic E-state index is 0.442. The van der Waals surface area contributed by atoms with Crippen molar-refractivity contribution in [3.63, 3.8) is 0 Å². The highest BCUT2D eigenvalue weighted by Gasteiger charge is 2.29. The van der Waals surface area contributed by atoms with Gasteiger partial charge in [0.2, 0.25) is 0 Å². The van der Waals surface area contributed by atoms with Gasteiger partial charge in [-0.05, 0) is 27.4 Å².